The van der Waals surface area contributed by atoms with Gasteiger partial charge in [0.2, 0.25) is 12.5 Å². The summed E-state index contributed by atoms with van der Waals surface area (Å²) in [5, 5.41) is -4.27. The van der Waals surface area contributed by atoms with Crippen LogP contribution in [0.1, 0.15) is 0 Å². The molecule has 18 heavy (non-hydrogen) atoms. The van der Waals surface area contributed by atoms with Crippen molar-refractivity contribution in [2.45, 2.75) is 36.1 Å². The minimum absolute atomic E-state index is 0.310. The smallest absolute Gasteiger partial charge is 0.301 e. The fourth-order valence-corrected chi connectivity index (χ4v) is 1.37. The van der Waals surface area contributed by atoms with Gasteiger partial charge in [0.25, 0.3) is 11.6 Å². The number of halogens is 9. The quantitative estimate of drug-likeness (QED) is 0.569. The van der Waals surface area contributed by atoms with E-state index in [-0.39, 0.29) is 6.08 Å². The zero-order valence-electron chi connectivity index (χ0n) is 8.20. The molecule has 5 atom stereocenters. The molecule has 0 amide bonds. The van der Waals surface area contributed by atoms with Crippen molar-refractivity contribution >= 4 is 11.6 Å². The van der Waals surface area contributed by atoms with Crippen LogP contribution in [-0.4, -0.2) is 36.1 Å². The SMILES string of the molecule is FC1=CC(F)C(F)(OC(F)C(F)C(F)F)C1(F)Cl. The largest absolute Gasteiger partial charge is 0.302 e. The van der Waals surface area contributed by atoms with Gasteiger partial charge >= 0.3 is 5.85 Å². The van der Waals surface area contributed by atoms with Gasteiger partial charge in [-0.05, 0) is 6.08 Å². The Morgan fingerprint density at radius 2 is 1.72 bits per heavy atom. The molecule has 0 radical (unpaired) electrons. The first kappa shape index (κ1) is 15.5. The summed E-state index contributed by atoms with van der Waals surface area (Å²) < 4.78 is 104. The van der Waals surface area contributed by atoms with Gasteiger partial charge in [-0.15, -0.1) is 0 Å². The van der Waals surface area contributed by atoms with E-state index >= 15 is 0 Å². The molecule has 0 aromatic heterocycles. The lowest BCUT2D eigenvalue weighted by Crippen LogP contribution is -2.51. The number of rotatable bonds is 4. The Hall–Kier alpha value is -0.570. The van der Waals surface area contributed by atoms with Gasteiger partial charge in [0.1, 0.15) is 0 Å². The van der Waals surface area contributed by atoms with E-state index in [0.29, 0.717) is 0 Å². The Morgan fingerprint density at radius 1 is 1.22 bits per heavy atom. The second-order valence-corrected chi connectivity index (χ2v) is 3.90. The number of hydrogen-bond donors (Lipinski definition) is 0. The topological polar surface area (TPSA) is 9.23 Å². The zero-order chi connectivity index (χ0) is 14.3. The normalized spacial score (nSPS) is 39.9. The highest BCUT2D eigenvalue weighted by atomic mass is 35.5. The fourth-order valence-electron chi connectivity index (χ4n) is 1.16. The lowest BCUT2D eigenvalue weighted by molar-refractivity contribution is -0.284. The van der Waals surface area contributed by atoms with Crippen LogP contribution in [0.4, 0.5) is 35.1 Å². The summed E-state index contributed by atoms with van der Waals surface area (Å²) >= 11 is 4.62. The third-order valence-electron chi connectivity index (χ3n) is 2.15. The molecular weight excluding hydrogens is 300 g/mol. The van der Waals surface area contributed by atoms with Crippen LogP contribution in [-0.2, 0) is 4.74 Å². The van der Waals surface area contributed by atoms with Crippen LogP contribution in [0.5, 0.6) is 0 Å². The maximum absolute atomic E-state index is 13.6. The molecule has 0 fully saturated rings. The molecule has 1 aliphatic carbocycles. The molecule has 0 saturated carbocycles. The molecule has 10 heteroatoms. The summed E-state index contributed by atoms with van der Waals surface area (Å²) in [5.74, 6) is -6.64. The van der Waals surface area contributed by atoms with E-state index in [0.717, 1.165) is 0 Å². The van der Waals surface area contributed by atoms with E-state index in [4.69, 9.17) is 0 Å². The second-order valence-electron chi connectivity index (χ2n) is 3.38. The molecular formula is C8H5ClF8O. The molecule has 5 unspecified atom stereocenters. The summed E-state index contributed by atoms with van der Waals surface area (Å²) in [6.07, 6.45) is -14.8. The van der Waals surface area contributed by atoms with Crippen molar-refractivity contribution in [2.75, 3.05) is 0 Å². The third kappa shape index (κ3) is 2.29. The molecule has 0 aliphatic heterocycles. The van der Waals surface area contributed by atoms with Crippen LogP contribution >= 0.6 is 11.6 Å². The molecule has 0 spiro atoms. The van der Waals surface area contributed by atoms with E-state index in [1.165, 1.54) is 0 Å². The molecule has 0 aromatic carbocycles. The number of alkyl halides is 8. The van der Waals surface area contributed by atoms with Crippen molar-refractivity contribution in [3.63, 3.8) is 0 Å². The van der Waals surface area contributed by atoms with Crippen molar-refractivity contribution in [3.8, 4) is 0 Å². The van der Waals surface area contributed by atoms with Crippen LogP contribution in [0, 0.1) is 0 Å². The maximum atomic E-state index is 13.6. The highest BCUT2D eigenvalue weighted by Gasteiger charge is 2.68. The highest BCUT2D eigenvalue weighted by molar-refractivity contribution is 6.25. The molecule has 1 nitrogen and oxygen atoms in total. The third-order valence-corrected chi connectivity index (χ3v) is 2.59. The Labute approximate surface area is 100 Å². The van der Waals surface area contributed by atoms with E-state index in [1.807, 2.05) is 0 Å². The number of hydrogen-bond acceptors (Lipinski definition) is 1. The zero-order valence-corrected chi connectivity index (χ0v) is 8.95. The Morgan fingerprint density at radius 3 is 2.06 bits per heavy atom. The molecule has 0 bridgehead atoms. The van der Waals surface area contributed by atoms with Gasteiger partial charge < -0.3 is 4.74 Å². The first-order valence-electron chi connectivity index (χ1n) is 4.36. The Kier molecular flexibility index (Phi) is 4.16. The summed E-state index contributed by atoms with van der Waals surface area (Å²) in [4.78, 5) is 0. The fraction of sp³-hybridized carbons (Fsp3) is 0.750. The van der Waals surface area contributed by atoms with Crippen LogP contribution in [0.3, 0.4) is 0 Å². The van der Waals surface area contributed by atoms with Gasteiger partial charge in [0, 0.05) is 0 Å². The standard InChI is InChI=1S/C8H5ClF8O/c9-7(16)2(10)1-3(11)8(7,17)18-6(15)4(12)5(13)14/h1,3-6H. The predicted octanol–water partition coefficient (Wildman–Crippen LogP) is 3.68. The van der Waals surface area contributed by atoms with E-state index in [2.05, 4.69) is 16.3 Å². The Balaban J connectivity index is 2.89. The summed E-state index contributed by atoms with van der Waals surface area (Å²) in [7, 11) is 0. The van der Waals surface area contributed by atoms with Crippen molar-refractivity contribution in [1.82, 2.24) is 0 Å². The minimum Gasteiger partial charge on any atom is -0.301 e. The molecule has 0 saturated heterocycles. The van der Waals surface area contributed by atoms with Crippen molar-refractivity contribution in [1.29, 1.82) is 0 Å². The van der Waals surface area contributed by atoms with Gasteiger partial charge in [-0.1, -0.05) is 11.6 Å². The van der Waals surface area contributed by atoms with Gasteiger partial charge in [-0.3, -0.25) is 0 Å². The first-order chi connectivity index (χ1) is 8.04. The first-order valence-corrected chi connectivity index (χ1v) is 4.74. The lowest BCUT2D eigenvalue weighted by atomic mass is 10.2. The monoisotopic (exact) mass is 304 g/mol. The van der Waals surface area contributed by atoms with Crippen molar-refractivity contribution in [2.24, 2.45) is 0 Å². The van der Waals surface area contributed by atoms with Gasteiger partial charge in [0.05, 0.1) is 0 Å². The minimum atomic E-state index is -4.47. The van der Waals surface area contributed by atoms with Crippen LogP contribution in [0.25, 0.3) is 0 Å². The van der Waals surface area contributed by atoms with Gasteiger partial charge in [-0.2, -0.15) is 0 Å². The molecule has 0 heterocycles. The number of ether oxygens (including phenoxy) is 1. The summed E-state index contributed by atoms with van der Waals surface area (Å²) in [5.41, 5.74) is 0. The molecule has 0 aromatic rings. The van der Waals surface area contributed by atoms with E-state index in [9.17, 15) is 35.1 Å². The summed E-state index contributed by atoms with van der Waals surface area (Å²) in [6.45, 7) is 0. The van der Waals surface area contributed by atoms with Crippen LogP contribution in [0.15, 0.2) is 11.9 Å². The average Bonchev–Trinajstić information content (AvgIpc) is 2.39. The van der Waals surface area contributed by atoms with Gasteiger partial charge in [-0.25, -0.2) is 35.1 Å². The predicted molar refractivity (Wildman–Crippen MR) is 44.5 cm³/mol. The highest BCUT2D eigenvalue weighted by Crippen LogP contribution is 2.51. The summed E-state index contributed by atoms with van der Waals surface area (Å²) in [6, 6.07) is 0. The molecule has 106 valence electrons. The average molecular weight is 305 g/mol. The van der Waals surface area contributed by atoms with E-state index < -0.39 is 41.9 Å². The van der Waals surface area contributed by atoms with Crippen molar-refractivity contribution in [3.05, 3.63) is 11.9 Å². The lowest BCUT2D eigenvalue weighted by Gasteiger charge is -2.31. The van der Waals surface area contributed by atoms with Crippen LogP contribution < -0.4 is 0 Å². The van der Waals surface area contributed by atoms with Gasteiger partial charge in [0.15, 0.2) is 12.0 Å². The van der Waals surface area contributed by atoms with Crippen LogP contribution in [0.2, 0.25) is 0 Å². The van der Waals surface area contributed by atoms with E-state index in [1.54, 1.807) is 0 Å². The second kappa shape index (κ2) is 4.84. The van der Waals surface area contributed by atoms with Crippen molar-refractivity contribution < 1.29 is 39.9 Å². The molecule has 1 aliphatic rings. The molecule has 1 rings (SSSR count). The Bertz CT molecular complexity index is 348. The molecule has 0 N–H and O–H groups in total. The maximum Gasteiger partial charge on any atom is 0.302 e.